The predicted molar refractivity (Wildman–Crippen MR) is 111 cm³/mol. The molecule has 4 rings (SSSR count). The van der Waals surface area contributed by atoms with Crippen molar-refractivity contribution in [2.45, 2.75) is 6.54 Å². The molecule has 3 aromatic rings. The van der Waals surface area contributed by atoms with Crippen LogP contribution >= 0.6 is 0 Å². The number of anilines is 2. The summed E-state index contributed by atoms with van der Waals surface area (Å²) in [5.41, 5.74) is 2.94. The van der Waals surface area contributed by atoms with Crippen molar-refractivity contribution in [2.24, 2.45) is 0 Å². The number of aromatic nitrogens is 2. The van der Waals surface area contributed by atoms with Gasteiger partial charge in [-0.25, -0.2) is 9.37 Å². The van der Waals surface area contributed by atoms with E-state index >= 15 is 0 Å². The predicted octanol–water partition coefficient (Wildman–Crippen LogP) is 3.65. The highest BCUT2D eigenvalue weighted by Crippen LogP contribution is 2.24. The molecule has 0 amide bonds. The van der Waals surface area contributed by atoms with Crippen molar-refractivity contribution in [1.82, 2.24) is 14.9 Å². The molecule has 1 saturated heterocycles. The van der Waals surface area contributed by atoms with Crippen LogP contribution in [0.4, 0.5) is 16.2 Å². The SMILES string of the molecule is CN1CCN(c2cc(-c3ccccc3)nc(NCc3ccc(F)cc3)n2)CC1. The van der Waals surface area contributed by atoms with E-state index in [1.165, 1.54) is 12.1 Å². The highest BCUT2D eigenvalue weighted by Gasteiger charge is 2.17. The number of halogens is 1. The molecule has 1 fully saturated rings. The number of likely N-dealkylation sites (N-methyl/N-ethyl adjacent to an activating group) is 1. The van der Waals surface area contributed by atoms with Crippen molar-refractivity contribution in [3.05, 3.63) is 72.0 Å². The molecular weight excluding hydrogens is 353 g/mol. The molecule has 0 radical (unpaired) electrons. The lowest BCUT2D eigenvalue weighted by atomic mass is 10.1. The minimum absolute atomic E-state index is 0.233. The van der Waals surface area contributed by atoms with Gasteiger partial charge < -0.3 is 15.1 Å². The average Bonchev–Trinajstić information content (AvgIpc) is 2.74. The zero-order valence-corrected chi connectivity index (χ0v) is 16.0. The quantitative estimate of drug-likeness (QED) is 0.735. The van der Waals surface area contributed by atoms with Gasteiger partial charge in [-0.1, -0.05) is 42.5 Å². The third-order valence-electron chi connectivity index (χ3n) is 4.97. The van der Waals surface area contributed by atoms with Crippen molar-refractivity contribution in [3.8, 4) is 11.3 Å². The number of nitrogens with zero attached hydrogens (tertiary/aromatic N) is 4. The van der Waals surface area contributed by atoms with E-state index in [9.17, 15) is 4.39 Å². The molecule has 0 spiro atoms. The molecule has 1 aromatic heterocycles. The third-order valence-corrected chi connectivity index (χ3v) is 4.97. The van der Waals surface area contributed by atoms with Gasteiger partial charge in [-0.2, -0.15) is 4.98 Å². The molecular formula is C22H24FN5. The third kappa shape index (κ3) is 4.46. The Morgan fingerprint density at radius 3 is 2.36 bits per heavy atom. The first kappa shape index (κ1) is 18.4. The summed E-state index contributed by atoms with van der Waals surface area (Å²) in [6, 6.07) is 18.7. The minimum Gasteiger partial charge on any atom is -0.354 e. The summed E-state index contributed by atoms with van der Waals surface area (Å²) in [4.78, 5) is 14.1. The first-order valence-electron chi connectivity index (χ1n) is 9.54. The molecule has 2 heterocycles. The number of nitrogens with one attached hydrogen (secondary N) is 1. The van der Waals surface area contributed by atoms with Crippen molar-refractivity contribution in [1.29, 1.82) is 0 Å². The lowest BCUT2D eigenvalue weighted by Gasteiger charge is -2.33. The molecule has 0 unspecified atom stereocenters. The van der Waals surface area contributed by atoms with Gasteiger partial charge in [-0.05, 0) is 24.7 Å². The van der Waals surface area contributed by atoms with Crippen molar-refractivity contribution < 1.29 is 4.39 Å². The van der Waals surface area contributed by atoms with Gasteiger partial charge in [-0.15, -0.1) is 0 Å². The Balaban J connectivity index is 1.60. The molecule has 144 valence electrons. The van der Waals surface area contributed by atoms with E-state index in [4.69, 9.17) is 9.97 Å². The highest BCUT2D eigenvalue weighted by atomic mass is 19.1. The summed E-state index contributed by atoms with van der Waals surface area (Å²) in [5, 5.41) is 3.30. The van der Waals surface area contributed by atoms with Crippen LogP contribution in [0, 0.1) is 5.82 Å². The van der Waals surface area contributed by atoms with Crippen molar-refractivity contribution in [2.75, 3.05) is 43.4 Å². The van der Waals surface area contributed by atoms with Gasteiger partial charge in [0, 0.05) is 44.4 Å². The molecule has 6 heteroatoms. The van der Waals surface area contributed by atoms with Crippen molar-refractivity contribution in [3.63, 3.8) is 0 Å². The Morgan fingerprint density at radius 1 is 0.929 bits per heavy atom. The Morgan fingerprint density at radius 2 is 1.64 bits per heavy atom. The van der Waals surface area contributed by atoms with Gasteiger partial charge in [0.2, 0.25) is 5.95 Å². The lowest BCUT2D eigenvalue weighted by Crippen LogP contribution is -2.44. The minimum atomic E-state index is -0.233. The zero-order valence-electron chi connectivity index (χ0n) is 16.0. The van der Waals surface area contributed by atoms with Crippen LogP contribution in [0.1, 0.15) is 5.56 Å². The normalized spacial score (nSPS) is 14.9. The maximum Gasteiger partial charge on any atom is 0.225 e. The highest BCUT2D eigenvalue weighted by molar-refractivity contribution is 5.65. The first-order valence-corrected chi connectivity index (χ1v) is 9.54. The van der Waals surface area contributed by atoms with Gasteiger partial charge in [0.15, 0.2) is 0 Å². The smallest absolute Gasteiger partial charge is 0.225 e. The second-order valence-electron chi connectivity index (χ2n) is 7.07. The number of hydrogen-bond donors (Lipinski definition) is 1. The van der Waals surface area contributed by atoms with E-state index in [2.05, 4.69) is 40.4 Å². The number of piperazine rings is 1. The average molecular weight is 377 g/mol. The van der Waals surface area contributed by atoms with Crippen LogP contribution in [0.5, 0.6) is 0 Å². The van der Waals surface area contributed by atoms with E-state index in [0.717, 1.165) is 48.8 Å². The Labute approximate surface area is 164 Å². The second kappa shape index (κ2) is 8.35. The van der Waals surface area contributed by atoms with Gasteiger partial charge in [0.05, 0.1) is 5.69 Å². The summed E-state index contributed by atoms with van der Waals surface area (Å²) < 4.78 is 13.1. The summed E-state index contributed by atoms with van der Waals surface area (Å²) >= 11 is 0. The van der Waals surface area contributed by atoms with Crippen LogP contribution in [-0.4, -0.2) is 48.1 Å². The number of rotatable bonds is 5. The standard InChI is InChI=1S/C22H24FN5/c1-27-11-13-28(14-12-27)21-15-20(18-5-3-2-4-6-18)25-22(26-21)24-16-17-7-9-19(23)10-8-17/h2-10,15H,11-14,16H2,1H3,(H,24,25,26). The van der Waals surface area contributed by atoms with E-state index in [1.54, 1.807) is 12.1 Å². The summed E-state index contributed by atoms with van der Waals surface area (Å²) in [6.45, 7) is 4.46. The van der Waals surface area contributed by atoms with E-state index in [1.807, 2.05) is 18.2 Å². The van der Waals surface area contributed by atoms with E-state index in [0.29, 0.717) is 12.5 Å². The molecule has 1 aliphatic heterocycles. The number of benzene rings is 2. The topological polar surface area (TPSA) is 44.3 Å². The molecule has 1 N–H and O–H groups in total. The Hall–Kier alpha value is -2.99. The molecule has 0 saturated carbocycles. The fraction of sp³-hybridized carbons (Fsp3) is 0.273. The Kier molecular flexibility index (Phi) is 5.48. The maximum absolute atomic E-state index is 13.1. The fourth-order valence-electron chi connectivity index (χ4n) is 3.25. The van der Waals surface area contributed by atoms with Crippen LogP contribution in [0.2, 0.25) is 0 Å². The van der Waals surface area contributed by atoms with E-state index < -0.39 is 0 Å². The van der Waals surface area contributed by atoms with Gasteiger partial charge >= 0.3 is 0 Å². The lowest BCUT2D eigenvalue weighted by molar-refractivity contribution is 0.312. The monoisotopic (exact) mass is 377 g/mol. The van der Waals surface area contributed by atoms with Crippen LogP contribution < -0.4 is 10.2 Å². The van der Waals surface area contributed by atoms with Gasteiger partial charge in [0.25, 0.3) is 0 Å². The molecule has 28 heavy (non-hydrogen) atoms. The molecule has 1 aliphatic rings. The Bertz CT molecular complexity index is 906. The van der Waals surface area contributed by atoms with Crippen molar-refractivity contribution >= 4 is 11.8 Å². The summed E-state index contributed by atoms with van der Waals surface area (Å²) in [6.07, 6.45) is 0. The molecule has 5 nitrogen and oxygen atoms in total. The molecule has 2 aromatic carbocycles. The molecule has 0 atom stereocenters. The van der Waals surface area contributed by atoms with Crippen LogP contribution in [0.15, 0.2) is 60.7 Å². The van der Waals surface area contributed by atoms with Crippen LogP contribution in [-0.2, 0) is 6.54 Å². The number of hydrogen-bond acceptors (Lipinski definition) is 5. The zero-order chi connectivity index (χ0) is 19.3. The maximum atomic E-state index is 13.1. The molecule has 0 aliphatic carbocycles. The summed E-state index contributed by atoms with van der Waals surface area (Å²) in [5.74, 6) is 1.28. The fourth-order valence-corrected chi connectivity index (χ4v) is 3.25. The van der Waals surface area contributed by atoms with E-state index in [-0.39, 0.29) is 5.82 Å². The second-order valence-corrected chi connectivity index (χ2v) is 7.07. The largest absolute Gasteiger partial charge is 0.354 e. The molecule has 0 bridgehead atoms. The first-order chi connectivity index (χ1) is 13.7. The van der Waals surface area contributed by atoms with Gasteiger partial charge in [0.1, 0.15) is 11.6 Å². The summed E-state index contributed by atoms with van der Waals surface area (Å²) in [7, 11) is 2.14. The van der Waals surface area contributed by atoms with Crippen LogP contribution in [0.25, 0.3) is 11.3 Å². The van der Waals surface area contributed by atoms with Crippen LogP contribution in [0.3, 0.4) is 0 Å². The van der Waals surface area contributed by atoms with Gasteiger partial charge in [-0.3, -0.25) is 0 Å².